The number of amides is 1. The highest BCUT2D eigenvalue weighted by atomic mass is 16.7. The molecule has 2 atom stereocenters. The fourth-order valence-corrected chi connectivity index (χ4v) is 3.63. The molecular formula is C18H30BNO4. The third kappa shape index (κ3) is 3.10. The van der Waals surface area contributed by atoms with Gasteiger partial charge in [-0.05, 0) is 72.7 Å². The number of likely N-dealkylation sites (tertiary alicyclic amines) is 1. The van der Waals surface area contributed by atoms with Crippen molar-refractivity contribution in [3.05, 3.63) is 11.5 Å². The van der Waals surface area contributed by atoms with Gasteiger partial charge in [0.25, 0.3) is 0 Å². The number of carbonyl (C=O) groups is 1. The van der Waals surface area contributed by atoms with E-state index >= 15 is 0 Å². The van der Waals surface area contributed by atoms with E-state index in [1.807, 2.05) is 25.7 Å². The topological polar surface area (TPSA) is 48.0 Å². The third-order valence-corrected chi connectivity index (χ3v) is 5.65. The van der Waals surface area contributed by atoms with Crippen molar-refractivity contribution in [3.8, 4) is 0 Å². The minimum absolute atomic E-state index is 0.175. The second kappa shape index (κ2) is 5.50. The predicted molar refractivity (Wildman–Crippen MR) is 93.6 cm³/mol. The van der Waals surface area contributed by atoms with E-state index in [-0.39, 0.29) is 30.5 Å². The molecule has 0 aromatic carbocycles. The van der Waals surface area contributed by atoms with Gasteiger partial charge in [0.1, 0.15) is 5.60 Å². The van der Waals surface area contributed by atoms with Crippen LogP contribution in [0.3, 0.4) is 0 Å². The maximum Gasteiger partial charge on any atom is 0.490 e. The summed E-state index contributed by atoms with van der Waals surface area (Å²) in [5.41, 5.74) is 0.0367. The van der Waals surface area contributed by atoms with Gasteiger partial charge in [0.15, 0.2) is 0 Å². The molecule has 0 aromatic heterocycles. The molecule has 2 heterocycles. The van der Waals surface area contributed by atoms with Gasteiger partial charge in [-0.3, -0.25) is 0 Å². The number of nitrogens with zero attached hydrogens (tertiary/aromatic N) is 1. The lowest BCUT2D eigenvalue weighted by Crippen LogP contribution is -2.41. The van der Waals surface area contributed by atoms with Crippen molar-refractivity contribution < 1.29 is 18.8 Å². The molecule has 2 saturated heterocycles. The second-order valence-corrected chi connectivity index (χ2v) is 9.23. The van der Waals surface area contributed by atoms with Crippen LogP contribution in [0.2, 0.25) is 0 Å². The van der Waals surface area contributed by atoms with E-state index in [1.54, 1.807) is 0 Å². The van der Waals surface area contributed by atoms with Crippen molar-refractivity contribution in [1.29, 1.82) is 0 Å². The van der Waals surface area contributed by atoms with Crippen LogP contribution in [0.15, 0.2) is 11.5 Å². The van der Waals surface area contributed by atoms with Gasteiger partial charge in [-0.2, -0.15) is 0 Å². The number of ether oxygens (including phenoxy) is 1. The molecule has 24 heavy (non-hydrogen) atoms. The van der Waals surface area contributed by atoms with Crippen LogP contribution in [0, 0.1) is 5.92 Å². The summed E-state index contributed by atoms with van der Waals surface area (Å²) >= 11 is 0. The maximum atomic E-state index is 12.5. The molecule has 6 heteroatoms. The van der Waals surface area contributed by atoms with Gasteiger partial charge in [0.2, 0.25) is 0 Å². The third-order valence-electron chi connectivity index (χ3n) is 5.65. The van der Waals surface area contributed by atoms with Crippen molar-refractivity contribution in [2.24, 2.45) is 5.92 Å². The van der Waals surface area contributed by atoms with Gasteiger partial charge in [-0.15, -0.1) is 0 Å². The highest BCUT2D eigenvalue weighted by molar-refractivity contribution is 6.54. The number of hydrogen-bond acceptors (Lipinski definition) is 4. The van der Waals surface area contributed by atoms with Crippen LogP contribution in [0.4, 0.5) is 4.79 Å². The molecule has 2 aliphatic heterocycles. The quantitative estimate of drug-likeness (QED) is 0.687. The molecule has 1 amide bonds. The molecule has 3 aliphatic rings. The van der Waals surface area contributed by atoms with Gasteiger partial charge < -0.3 is 18.9 Å². The first kappa shape index (κ1) is 17.8. The summed E-state index contributed by atoms with van der Waals surface area (Å²) < 4.78 is 17.9. The molecule has 0 spiro atoms. The van der Waals surface area contributed by atoms with E-state index in [1.165, 1.54) is 0 Å². The number of fused-ring (bicyclic) bond motifs is 1. The molecule has 1 aliphatic carbocycles. The molecule has 134 valence electrons. The van der Waals surface area contributed by atoms with E-state index in [4.69, 9.17) is 14.0 Å². The Labute approximate surface area is 145 Å². The summed E-state index contributed by atoms with van der Waals surface area (Å²) in [6.45, 7) is 14.7. The Hall–Kier alpha value is -1.01. The van der Waals surface area contributed by atoms with Gasteiger partial charge >= 0.3 is 13.2 Å². The Balaban J connectivity index is 1.68. The summed E-state index contributed by atoms with van der Waals surface area (Å²) in [7, 11) is -0.305. The monoisotopic (exact) mass is 335 g/mol. The lowest BCUT2D eigenvalue weighted by atomic mass is 9.77. The summed E-state index contributed by atoms with van der Waals surface area (Å²) in [6, 6.07) is 0.175. The molecule has 0 N–H and O–H groups in total. The number of hydrogen-bond donors (Lipinski definition) is 0. The standard InChI is InChI=1S/C18H30BNO4/c1-16(2,3)22-15(21)20-9-8-12-10-13(11-14(12)20)19-23-17(4,5)18(6,7)24-19/h10,12,14H,8-9,11H2,1-7H3. The first-order valence-electron chi connectivity index (χ1n) is 8.95. The smallest absolute Gasteiger partial charge is 0.444 e. The van der Waals surface area contributed by atoms with E-state index in [0.717, 1.165) is 24.9 Å². The highest BCUT2D eigenvalue weighted by Gasteiger charge is 2.54. The summed E-state index contributed by atoms with van der Waals surface area (Å²) in [5, 5.41) is 0. The first-order chi connectivity index (χ1) is 10.9. The molecule has 5 nitrogen and oxygen atoms in total. The van der Waals surface area contributed by atoms with Crippen molar-refractivity contribution in [3.63, 3.8) is 0 Å². The number of rotatable bonds is 1. The highest BCUT2D eigenvalue weighted by Crippen LogP contribution is 2.44. The number of carbonyl (C=O) groups excluding carboxylic acids is 1. The van der Waals surface area contributed by atoms with E-state index in [9.17, 15) is 4.79 Å². The molecule has 0 radical (unpaired) electrons. The lowest BCUT2D eigenvalue weighted by Gasteiger charge is -2.32. The Morgan fingerprint density at radius 3 is 2.38 bits per heavy atom. The summed E-state index contributed by atoms with van der Waals surface area (Å²) in [6.07, 6.45) is 3.84. The predicted octanol–water partition coefficient (Wildman–Crippen LogP) is 3.57. The maximum absolute atomic E-state index is 12.5. The van der Waals surface area contributed by atoms with Crippen LogP contribution in [0.5, 0.6) is 0 Å². The molecule has 0 saturated carbocycles. The largest absolute Gasteiger partial charge is 0.490 e. The molecular weight excluding hydrogens is 305 g/mol. The molecule has 0 aromatic rings. The van der Waals surface area contributed by atoms with Gasteiger partial charge in [0.05, 0.1) is 11.2 Å². The van der Waals surface area contributed by atoms with Crippen LogP contribution in [-0.4, -0.2) is 47.5 Å². The average molecular weight is 335 g/mol. The zero-order valence-electron chi connectivity index (χ0n) is 16.0. The van der Waals surface area contributed by atoms with Crippen molar-refractivity contribution in [2.45, 2.75) is 84.2 Å². The molecule has 3 rings (SSSR count). The van der Waals surface area contributed by atoms with Gasteiger partial charge in [0, 0.05) is 12.6 Å². The molecule has 2 unspecified atom stereocenters. The van der Waals surface area contributed by atoms with E-state index < -0.39 is 5.60 Å². The zero-order chi connectivity index (χ0) is 17.9. The van der Waals surface area contributed by atoms with Crippen LogP contribution in [-0.2, 0) is 14.0 Å². The van der Waals surface area contributed by atoms with Gasteiger partial charge in [-0.1, -0.05) is 6.08 Å². The van der Waals surface area contributed by atoms with Crippen LogP contribution in [0.25, 0.3) is 0 Å². The van der Waals surface area contributed by atoms with Gasteiger partial charge in [-0.25, -0.2) is 4.79 Å². The Morgan fingerprint density at radius 2 is 1.83 bits per heavy atom. The van der Waals surface area contributed by atoms with E-state index in [2.05, 4.69) is 33.8 Å². The zero-order valence-corrected chi connectivity index (χ0v) is 16.0. The summed E-state index contributed by atoms with van der Waals surface area (Å²) in [4.78, 5) is 14.3. The SMILES string of the molecule is CC(C)(C)OC(=O)N1CCC2C=C(B3OC(C)(C)C(C)(C)O3)CC21. The van der Waals surface area contributed by atoms with E-state index in [0.29, 0.717) is 5.92 Å². The Morgan fingerprint density at radius 1 is 1.25 bits per heavy atom. The minimum atomic E-state index is -0.463. The van der Waals surface area contributed by atoms with Crippen LogP contribution in [0.1, 0.15) is 61.3 Å². The van der Waals surface area contributed by atoms with Crippen molar-refractivity contribution >= 4 is 13.2 Å². The fraction of sp³-hybridized carbons (Fsp3) is 0.833. The normalized spacial score (nSPS) is 31.2. The van der Waals surface area contributed by atoms with Crippen LogP contribution < -0.4 is 0 Å². The second-order valence-electron chi connectivity index (χ2n) is 9.23. The summed E-state index contributed by atoms with van der Waals surface area (Å²) in [5.74, 6) is 0.381. The Bertz CT molecular complexity index is 548. The first-order valence-corrected chi connectivity index (χ1v) is 8.95. The fourth-order valence-electron chi connectivity index (χ4n) is 3.63. The van der Waals surface area contributed by atoms with Crippen molar-refractivity contribution in [1.82, 2.24) is 4.90 Å². The molecule has 2 fully saturated rings. The lowest BCUT2D eigenvalue weighted by molar-refractivity contribution is 0.00578. The minimum Gasteiger partial charge on any atom is -0.444 e. The average Bonchev–Trinajstić information content (AvgIpc) is 2.98. The van der Waals surface area contributed by atoms with Crippen molar-refractivity contribution in [2.75, 3.05) is 6.54 Å². The molecule has 0 bridgehead atoms. The Kier molecular flexibility index (Phi) is 4.08. The van der Waals surface area contributed by atoms with Crippen LogP contribution >= 0.6 is 0 Å².